The van der Waals surface area contributed by atoms with Gasteiger partial charge in [-0.15, -0.1) is 11.3 Å². The second-order valence-electron chi connectivity index (χ2n) is 6.95. The number of carbonyl (C=O) groups excluding carboxylic acids is 1. The number of anilines is 2. The minimum Gasteiger partial charge on any atom is -0.387 e. The van der Waals surface area contributed by atoms with Gasteiger partial charge in [0.05, 0.1) is 26.6 Å². The van der Waals surface area contributed by atoms with Crippen LogP contribution in [-0.4, -0.2) is 26.8 Å². The van der Waals surface area contributed by atoms with Gasteiger partial charge in [-0.05, 0) is 65.3 Å². The summed E-state index contributed by atoms with van der Waals surface area (Å²) in [6, 6.07) is 9.53. The molecule has 0 spiro atoms. The third kappa shape index (κ3) is 4.85. The van der Waals surface area contributed by atoms with E-state index in [1.165, 1.54) is 22.8 Å². The van der Waals surface area contributed by atoms with Crippen molar-refractivity contribution in [3.05, 3.63) is 73.3 Å². The van der Waals surface area contributed by atoms with E-state index in [1.807, 2.05) is 0 Å². The highest BCUT2D eigenvalue weighted by Gasteiger charge is 2.17. The highest BCUT2D eigenvalue weighted by molar-refractivity contribution is 9.10. The zero-order valence-corrected chi connectivity index (χ0v) is 21.6. The predicted octanol–water partition coefficient (Wildman–Crippen LogP) is 5.20. The molecule has 3 N–H and O–H groups in total. The maximum Gasteiger partial charge on any atom is 0.331 e. The Morgan fingerprint density at radius 2 is 2.00 bits per heavy atom. The number of amides is 2. The number of thiophene rings is 1. The fourth-order valence-corrected chi connectivity index (χ4v) is 5.91. The summed E-state index contributed by atoms with van der Waals surface area (Å²) in [4.78, 5) is 29.8. The van der Waals surface area contributed by atoms with Crippen LogP contribution in [0.5, 0.6) is 0 Å². The van der Waals surface area contributed by atoms with Gasteiger partial charge in [-0.3, -0.25) is 14.1 Å². The smallest absolute Gasteiger partial charge is 0.331 e. The average molecular weight is 585 g/mol. The number of nitrogens with zero attached hydrogens (tertiary/aromatic N) is 2. The number of urea groups is 1. The lowest BCUT2D eigenvalue weighted by Crippen LogP contribution is -2.30. The molecule has 0 aliphatic rings. The molecule has 0 aliphatic carbocycles. The van der Waals surface area contributed by atoms with Gasteiger partial charge >= 0.3 is 6.03 Å². The van der Waals surface area contributed by atoms with E-state index in [9.17, 15) is 13.8 Å². The van der Waals surface area contributed by atoms with Crippen molar-refractivity contribution < 1.29 is 13.4 Å². The van der Waals surface area contributed by atoms with Crippen LogP contribution < -0.4 is 20.9 Å². The largest absolute Gasteiger partial charge is 0.387 e. The molecular formula is C21H16BrClFN5O3S2. The van der Waals surface area contributed by atoms with E-state index >= 15 is 4.39 Å². The first kappa shape index (κ1) is 24.3. The van der Waals surface area contributed by atoms with E-state index in [4.69, 9.17) is 11.6 Å². The fraction of sp³-hybridized carbons (Fsp3) is 0.0952. The van der Waals surface area contributed by atoms with Crippen molar-refractivity contribution in [2.45, 2.75) is 11.1 Å². The number of aromatic nitrogens is 2. The molecule has 0 aliphatic heterocycles. The molecule has 2 aromatic carbocycles. The van der Waals surface area contributed by atoms with Crippen molar-refractivity contribution in [3.8, 4) is 5.69 Å². The summed E-state index contributed by atoms with van der Waals surface area (Å²) < 4.78 is 32.1. The summed E-state index contributed by atoms with van der Waals surface area (Å²) in [7, 11) is -0.0630. The minimum absolute atomic E-state index is 0.0199. The summed E-state index contributed by atoms with van der Waals surface area (Å²) in [5, 5.41) is 5.74. The van der Waals surface area contributed by atoms with Gasteiger partial charge in [0.1, 0.15) is 15.9 Å². The molecule has 4 rings (SSSR count). The third-order valence-corrected chi connectivity index (χ3v) is 8.02. The zero-order valence-electron chi connectivity index (χ0n) is 17.6. The molecule has 0 bridgehead atoms. The number of rotatable bonds is 5. The first-order valence-corrected chi connectivity index (χ1v) is 12.8. The zero-order chi connectivity index (χ0) is 24.6. The van der Waals surface area contributed by atoms with Crippen LogP contribution in [0.1, 0.15) is 5.82 Å². The number of nitrogens with one attached hydrogen (secondary N) is 3. The van der Waals surface area contributed by atoms with Gasteiger partial charge < -0.3 is 10.6 Å². The van der Waals surface area contributed by atoms with Crippen LogP contribution in [0.2, 0.25) is 4.34 Å². The molecule has 176 valence electrons. The van der Waals surface area contributed by atoms with Crippen LogP contribution in [-0.2, 0) is 11.0 Å². The Morgan fingerprint density at radius 3 is 2.65 bits per heavy atom. The van der Waals surface area contributed by atoms with Crippen molar-refractivity contribution in [2.75, 3.05) is 17.7 Å². The van der Waals surface area contributed by atoms with Crippen LogP contribution >= 0.6 is 38.9 Å². The topological polar surface area (TPSA) is 105 Å². The summed E-state index contributed by atoms with van der Waals surface area (Å²) in [6.07, 6.45) is 0. The molecule has 2 amide bonds. The highest BCUT2D eigenvalue weighted by Crippen LogP contribution is 2.27. The van der Waals surface area contributed by atoms with Crippen LogP contribution in [0, 0.1) is 12.7 Å². The first-order valence-electron chi connectivity index (χ1n) is 9.63. The van der Waals surface area contributed by atoms with Gasteiger partial charge in [0.2, 0.25) is 0 Å². The number of halogens is 3. The second kappa shape index (κ2) is 9.82. The fourth-order valence-electron chi connectivity index (χ4n) is 3.25. The molecule has 8 nitrogen and oxygen atoms in total. The van der Waals surface area contributed by atoms with Crippen LogP contribution in [0.3, 0.4) is 0 Å². The number of aryl methyl sites for hydroxylation is 1. The molecule has 0 fully saturated rings. The van der Waals surface area contributed by atoms with Crippen molar-refractivity contribution in [3.63, 3.8) is 0 Å². The van der Waals surface area contributed by atoms with Crippen molar-refractivity contribution in [1.82, 2.24) is 14.3 Å². The van der Waals surface area contributed by atoms with Crippen molar-refractivity contribution in [1.29, 1.82) is 0 Å². The standard InChI is InChI=1S/C21H16BrClFN5O3S2/c1-10-26-15-9-16(25-2)13(22)8-12(15)20(30)29(10)17-4-3-11(7-14(17)24)27-21(31)28-34(32)19-6-5-18(23)33-19/h3-9,25H,1-2H3,(H2,27,28,31). The molecule has 4 aromatic rings. The Balaban J connectivity index is 1.61. The van der Waals surface area contributed by atoms with Gasteiger partial charge in [-0.2, -0.15) is 0 Å². The van der Waals surface area contributed by atoms with Crippen molar-refractivity contribution >= 4 is 78.2 Å². The molecule has 1 unspecified atom stereocenters. The Hall–Kier alpha value is -2.80. The predicted molar refractivity (Wildman–Crippen MR) is 137 cm³/mol. The lowest BCUT2D eigenvalue weighted by molar-refractivity contribution is 0.257. The Labute approximate surface area is 212 Å². The molecule has 0 saturated heterocycles. The normalized spacial score (nSPS) is 11.9. The number of hydrogen-bond acceptors (Lipinski definition) is 6. The van der Waals surface area contributed by atoms with E-state index in [0.29, 0.717) is 29.7 Å². The summed E-state index contributed by atoms with van der Waals surface area (Å²) in [5.41, 5.74) is 0.892. The highest BCUT2D eigenvalue weighted by atomic mass is 79.9. The van der Waals surface area contributed by atoms with E-state index in [0.717, 1.165) is 23.1 Å². The van der Waals surface area contributed by atoms with Gasteiger partial charge in [0, 0.05) is 17.2 Å². The molecule has 2 aromatic heterocycles. The minimum atomic E-state index is -1.81. The monoisotopic (exact) mass is 583 g/mol. The molecule has 0 saturated carbocycles. The van der Waals surface area contributed by atoms with Crippen LogP contribution in [0.4, 0.5) is 20.6 Å². The average Bonchev–Trinajstić information content (AvgIpc) is 3.22. The summed E-state index contributed by atoms with van der Waals surface area (Å²) in [6.45, 7) is 1.60. The number of fused-ring (bicyclic) bond motifs is 1. The molecule has 34 heavy (non-hydrogen) atoms. The number of hydrogen-bond donors (Lipinski definition) is 3. The Kier molecular flexibility index (Phi) is 7.03. The van der Waals surface area contributed by atoms with Crippen LogP contribution in [0.15, 0.2) is 55.9 Å². The van der Waals surface area contributed by atoms with E-state index < -0.39 is 28.4 Å². The lowest BCUT2D eigenvalue weighted by atomic mass is 10.2. The van der Waals surface area contributed by atoms with Crippen molar-refractivity contribution in [2.24, 2.45) is 0 Å². The molecule has 1 atom stereocenters. The third-order valence-electron chi connectivity index (χ3n) is 4.76. The van der Waals surface area contributed by atoms with Gasteiger partial charge in [-0.25, -0.2) is 18.4 Å². The quantitative estimate of drug-likeness (QED) is 0.299. The molecule has 13 heteroatoms. The molecule has 2 heterocycles. The van der Waals surface area contributed by atoms with Crippen LogP contribution in [0.25, 0.3) is 16.6 Å². The lowest BCUT2D eigenvalue weighted by Gasteiger charge is -2.14. The molecular weight excluding hydrogens is 569 g/mol. The van der Waals surface area contributed by atoms with E-state index in [1.54, 1.807) is 32.2 Å². The first-order chi connectivity index (χ1) is 16.2. The second-order valence-corrected chi connectivity index (χ2v) is 11.0. The number of benzene rings is 2. The number of carbonyl (C=O) groups is 1. The summed E-state index contributed by atoms with van der Waals surface area (Å²) in [5.74, 6) is -0.453. The van der Waals surface area contributed by atoms with E-state index in [2.05, 4.69) is 36.3 Å². The Morgan fingerprint density at radius 1 is 1.24 bits per heavy atom. The maximum atomic E-state index is 15.0. The van der Waals surface area contributed by atoms with E-state index in [-0.39, 0.29) is 11.4 Å². The van der Waals surface area contributed by atoms with Gasteiger partial charge in [0.25, 0.3) is 5.56 Å². The van der Waals surface area contributed by atoms with Gasteiger partial charge in [0.15, 0.2) is 11.0 Å². The SMILES string of the molecule is CNc1cc2nc(C)n(-c3ccc(NC(=O)NS(=O)c4ccc(Cl)s4)cc3F)c(=O)c2cc1Br. The van der Waals surface area contributed by atoms with Gasteiger partial charge in [-0.1, -0.05) is 11.6 Å². The summed E-state index contributed by atoms with van der Waals surface area (Å²) >= 11 is 10.3. The molecule has 0 radical (unpaired) electrons. The Bertz CT molecular complexity index is 1520. The maximum absolute atomic E-state index is 15.0.